The summed E-state index contributed by atoms with van der Waals surface area (Å²) >= 11 is 4.87. The highest BCUT2D eigenvalue weighted by atomic mass is 32.1. The molecule has 1 aromatic heterocycles. The van der Waals surface area contributed by atoms with Crippen molar-refractivity contribution in [3.05, 3.63) is 29.6 Å². The van der Waals surface area contributed by atoms with E-state index < -0.39 is 0 Å². The monoisotopic (exact) mass is 277 g/mol. The standard InChI is InChI=1S/C14H19N3OS/c1-2-17(9-10-4-3-5-10)14(18)12-7-6-11(8-16-12)13(15)19/h6-8,10H,2-5,9H2,1H3,(H2,15,19). The number of carbonyl (C=O) groups excluding carboxylic acids is 1. The number of amides is 1. The maximum atomic E-state index is 12.3. The third kappa shape index (κ3) is 3.29. The van der Waals surface area contributed by atoms with Gasteiger partial charge in [-0.1, -0.05) is 18.6 Å². The van der Waals surface area contributed by atoms with Crippen molar-refractivity contribution in [3.63, 3.8) is 0 Å². The quantitative estimate of drug-likeness (QED) is 0.836. The maximum Gasteiger partial charge on any atom is 0.272 e. The molecule has 0 saturated heterocycles. The van der Waals surface area contributed by atoms with Crippen molar-refractivity contribution in [2.24, 2.45) is 11.7 Å². The van der Waals surface area contributed by atoms with Gasteiger partial charge in [-0.25, -0.2) is 0 Å². The molecule has 4 nitrogen and oxygen atoms in total. The summed E-state index contributed by atoms with van der Waals surface area (Å²) in [7, 11) is 0. The molecule has 0 aromatic carbocycles. The van der Waals surface area contributed by atoms with E-state index in [2.05, 4.69) is 4.98 Å². The second kappa shape index (κ2) is 6.10. The van der Waals surface area contributed by atoms with Crippen LogP contribution in [0.4, 0.5) is 0 Å². The summed E-state index contributed by atoms with van der Waals surface area (Å²) < 4.78 is 0. The molecule has 1 fully saturated rings. The number of hydrogen-bond donors (Lipinski definition) is 1. The van der Waals surface area contributed by atoms with E-state index in [1.165, 1.54) is 19.3 Å². The van der Waals surface area contributed by atoms with Gasteiger partial charge in [0.15, 0.2) is 0 Å². The van der Waals surface area contributed by atoms with Crippen molar-refractivity contribution in [1.29, 1.82) is 0 Å². The first-order valence-electron chi connectivity index (χ1n) is 6.67. The zero-order valence-electron chi connectivity index (χ0n) is 11.1. The van der Waals surface area contributed by atoms with Gasteiger partial charge in [0.1, 0.15) is 10.7 Å². The highest BCUT2D eigenvalue weighted by Gasteiger charge is 2.23. The van der Waals surface area contributed by atoms with Crippen LogP contribution in [0.2, 0.25) is 0 Å². The number of nitrogens with zero attached hydrogens (tertiary/aromatic N) is 2. The Morgan fingerprint density at radius 3 is 2.68 bits per heavy atom. The zero-order valence-corrected chi connectivity index (χ0v) is 11.9. The van der Waals surface area contributed by atoms with Gasteiger partial charge in [-0.05, 0) is 37.8 Å². The van der Waals surface area contributed by atoms with Crippen LogP contribution in [-0.4, -0.2) is 33.9 Å². The van der Waals surface area contributed by atoms with Gasteiger partial charge in [0.2, 0.25) is 0 Å². The van der Waals surface area contributed by atoms with Crippen molar-refractivity contribution >= 4 is 23.1 Å². The van der Waals surface area contributed by atoms with Crippen LogP contribution in [-0.2, 0) is 0 Å². The average molecular weight is 277 g/mol. The molecule has 0 spiro atoms. The van der Waals surface area contributed by atoms with Gasteiger partial charge in [0, 0.05) is 24.8 Å². The van der Waals surface area contributed by atoms with E-state index in [1.54, 1.807) is 18.3 Å². The summed E-state index contributed by atoms with van der Waals surface area (Å²) in [6, 6.07) is 3.44. The van der Waals surface area contributed by atoms with Crippen LogP contribution < -0.4 is 5.73 Å². The first-order valence-corrected chi connectivity index (χ1v) is 7.07. The van der Waals surface area contributed by atoms with E-state index >= 15 is 0 Å². The second-order valence-electron chi connectivity index (χ2n) is 4.94. The van der Waals surface area contributed by atoms with Gasteiger partial charge in [0.05, 0.1) is 0 Å². The summed E-state index contributed by atoms with van der Waals surface area (Å²) in [5, 5.41) is 0. The van der Waals surface area contributed by atoms with Gasteiger partial charge in [0.25, 0.3) is 5.91 Å². The Morgan fingerprint density at radius 1 is 1.53 bits per heavy atom. The van der Waals surface area contributed by atoms with E-state index in [0.717, 1.165) is 6.54 Å². The Morgan fingerprint density at radius 2 is 2.26 bits per heavy atom. The molecule has 1 aliphatic carbocycles. The van der Waals surface area contributed by atoms with Crippen LogP contribution in [0.3, 0.4) is 0 Å². The van der Waals surface area contributed by atoms with Crippen molar-refractivity contribution in [1.82, 2.24) is 9.88 Å². The molecule has 1 saturated carbocycles. The number of nitrogens with two attached hydrogens (primary N) is 1. The number of thiocarbonyl (C=S) groups is 1. The van der Waals surface area contributed by atoms with Crippen LogP contribution in [0.25, 0.3) is 0 Å². The van der Waals surface area contributed by atoms with Crippen molar-refractivity contribution in [2.45, 2.75) is 26.2 Å². The molecule has 102 valence electrons. The Balaban J connectivity index is 2.05. The number of hydrogen-bond acceptors (Lipinski definition) is 3. The Hall–Kier alpha value is -1.49. The van der Waals surface area contributed by atoms with Crippen molar-refractivity contribution in [2.75, 3.05) is 13.1 Å². The smallest absolute Gasteiger partial charge is 0.272 e. The first-order chi connectivity index (χ1) is 9.11. The van der Waals surface area contributed by atoms with Gasteiger partial charge in [-0.3, -0.25) is 9.78 Å². The average Bonchev–Trinajstić information content (AvgIpc) is 2.37. The van der Waals surface area contributed by atoms with Crippen LogP contribution in [0, 0.1) is 5.92 Å². The summed E-state index contributed by atoms with van der Waals surface area (Å²) in [5.41, 5.74) is 6.66. The van der Waals surface area contributed by atoms with Crippen molar-refractivity contribution < 1.29 is 4.79 Å². The molecular formula is C14H19N3OS. The normalized spacial score (nSPS) is 14.8. The van der Waals surface area contributed by atoms with Gasteiger partial charge in [-0.2, -0.15) is 0 Å². The molecule has 0 atom stereocenters. The summed E-state index contributed by atoms with van der Waals surface area (Å²) in [4.78, 5) is 18.7. The van der Waals surface area contributed by atoms with E-state index in [4.69, 9.17) is 18.0 Å². The van der Waals surface area contributed by atoms with Gasteiger partial charge >= 0.3 is 0 Å². The fourth-order valence-corrected chi connectivity index (χ4v) is 2.29. The van der Waals surface area contributed by atoms with E-state index in [0.29, 0.717) is 28.7 Å². The van der Waals surface area contributed by atoms with E-state index in [9.17, 15) is 4.79 Å². The lowest BCUT2D eigenvalue weighted by atomic mass is 9.85. The second-order valence-corrected chi connectivity index (χ2v) is 5.38. The Bertz CT molecular complexity index is 468. The van der Waals surface area contributed by atoms with Crippen molar-refractivity contribution in [3.8, 4) is 0 Å². The predicted molar refractivity (Wildman–Crippen MR) is 79.0 cm³/mol. The van der Waals surface area contributed by atoms with Gasteiger partial charge in [-0.15, -0.1) is 0 Å². The fourth-order valence-electron chi connectivity index (χ4n) is 2.17. The van der Waals surface area contributed by atoms with E-state index in [1.807, 2.05) is 11.8 Å². The molecule has 1 aliphatic rings. The minimum absolute atomic E-state index is 0.0103. The third-order valence-corrected chi connectivity index (χ3v) is 3.88. The largest absolute Gasteiger partial charge is 0.389 e. The Kier molecular flexibility index (Phi) is 4.47. The minimum atomic E-state index is -0.0103. The molecule has 5 heteroatoms. The predicted octanol–water partition coefficient (Wildman–Crippen LogP) is 1.98. The molecule has 1 heterocycles. The molecular weight excluding hydrogens is 258 g/mol. The summed E-state index contributed by atoms with van der Waals surface area (Å²) in [6.07, 6.45) is 5.32. The lowest BCUT2D eigenvalue weighted by Crippen LogP contribution is -2.37. The Labute approximate surface area is 119 Å². The van der Waals surface area contributed by atoms with Crippen LogP contribution >= 0.6 is 12.2 Å². The molecule has 19 heavy (non-hydrogen) atoms. The molecule has 0 radical (unpaired) electrons. The lowest BCUT2D eigenvalue weighted by molar-refractivity contribution is 0.0700. The number of aromatic nitrogens is 1. The third-order valence-electron chi connectivity index (χ3n) is 3.64. The molecule has 0 bridgehead atoms. The molecule has 0 unspecified atom stereocenters. The summed E-state index contributed by atoms with van der Waals surface area (Å²) in [6.45, 7) is 3.56. The van der Waals surface area contributed by atoms with Gasteiger partial charge < -0.3 is 10.6 Å². The molecule has 2 rings (SSSR count). The first kappa shape index (κ1) is 13.9. The molecule has 0 aliphatic heterocycles. The van der Waals surface area contributed by atoms with E-state index in [-0.39, 0.29) is 5.91 Å². The van der Waals surface area contributed by atoms with Crippen LogP contribution in [0.1, 0.15) is 42.2 Å². The van der Waals surface area contributed by atoms with Crippen LogP contribution in [0.5, 0.6) is 0 Å². The molecule has 1 amide bonds. The zero-order chi connectivity index (χ0) is 13.8. The van der Waals surface area contributed by atoms with Crippen LogP contribution in [0.15, 0.2) is 18.3 Å². The minimum Gasteiger partial charge on any atom is -0.389 e. The molecule has 2 N–H and O–H groups in total. The highest BCUT2D eigenvalue weighted by molar-refractivity contribution is 7.80. The SMILES string of the molecule is CCN(CC1CCC1)C(=O)c1ccc(C(N)=S)cn1. The fraction of sp³-hybridized carbons (Fsp3) is 0.500. The number of pyridine rings is 1. The number of carbonyl (C=O) groups is 1. The maximum absolute atomic E-state index is 12.3. The highest BCUT2D eigenvalue weighted by Crippen LogP contribution is 2.27. The summed E-state index contributed by atoms with van der Waals surface area (Å²) in [5.74, 6) is 0.656. The topological polar surface area (TPSA) is 59.2 Å². The molecule has 1 aromatic rings. The lowest BCUT2D eigenvalue weighted by Gasteiger charge is -2.31. The number of rotatable bonds is 5.